The fraction of sp³-hybridized carbons (Fsp3) is 0.750. The number of nitrogens with one attached hydrogen (secondary N) is 2. The lowest BCUT2D eigenvalue weighted by Gasteiger charge is -2.30. The Morgan fingerprint density at radius 2 is 1.64 bits per heavy atom. The number of hydrogen-bond acceptors (Lipinski definition) is 9. The molecule has 0 spiro atoms. The SMILES string of the molecule is COCCCCOc1cc(CN2CCOCC2)ccc1C(=O)NCC(CC(N)C(O)CC(C(=O)NCC(C)(C)C(N)=O)C(C)C)C(C)C.Cl.Cl. The molecule has 0 radical (unpaired) electrons. The van der Waals surface area contributed by atoms with Crippen LogP contribution in [0.5, 0.6) is 5.75 Å². The Morgan fingerprint density at radius 3 is 2.22 bits per heavy atom. The maximum absolute atomic E-state index is 13.5. The third-order valence-electron chi connectivity index (χ3n) is 9.35. The van der Waals surface area contributed by atoms with Crippen molar-refractivity contribution in [2.24, 2.45) is 40.6 Å². The van der Waals surface area contributed by atoms with Gasteiger partial charge in [-0.3, -0.25) is 19.3 Å². The Kier molecular flexibility index (Phi) is 23.1. The summed E-state index contributed by atoms with van der Waals surface area (Å²) in [5.41, 5.74) is 12.6. The summed E-state index contributed by atoms with van der Waals surface area (Å²) in [6, 6.07) is 5.17. The number of nitrogens with two attached hydrogens (primary N) is 2. The number of benzene rings is 1. The van der Waals surface area contributed by atoms with Gasteiger partial charge >= 0.3 is 0 Å². The molecule has 7 N–H and O–H groups in total. The van der Waals surface area contributed by atoms with Gasteiger partial charge in [-0.1, -0.05) is 33.8 Å². The number of halogens is 2. The van der Waals surface area contributed by atoms with Gasteiger partial charge in [0.1, 0.15) is 5.75 Å². The van der Waals surface area contributed by atoms with E-state index in [1.807, 2.05) is 32.0 Å². The Labute approximate surface area is 312 Å². The molecule has 1 aliphatic rings. The van der Waals surface area contributed by atoms with Gasteiger partial charge in [0, 0.05) is 58.4 Å². The van der Waals surface area contributed by atoms with E-state index in [2.05, 4.69) is 29.4 Å². The molecule has 0 saturated carbocycles. The van der Waals surface area contributed by atoms with Gasteiger partial charge in [0.15, 0.2) is 0 Å². The molecule has 290 valence electrons. The van der Waals surface area contributed by atoms with Gasteiger partial charge in [-0.25, -0.2) is 0 Å². The van der Waals surface area contributed by atoms with Crippen LogP contribution in [0.25, 0.3) is 0 Å². The van der Waals surface area contributed by atoms with Gasteiger partial charge in [0.2, 0.25) is 11.8 Å². The third kappa shape index (κ3) is 16.4. The van der Waals surface area contributed by atoms with Gasteiger partial charge in [0.25, 0.3) is 5.91 Å². The number of rotatable bonds is 22. The van der Waals surface area contributed by atoms with Crippen molar-refractivity contribution in [2.45, 2.75) is 85.9 Å². The first kappa shape index (κ1) is 47.8. The molecule has 4 unspecified atom stereocenters. The van der Waals surface area contributed by atoms with Gasteiger partial charge in [-0.2, -0.15) is 0 Å². The molecular formula is C36H65Cl2N5O7. The van der Waals surface area contributed by atoms with Gasteiger partial charge < -0.3 is 41.4 Å². The number of unbranched alkanes of at least 4 members (excludes halogenated alkanes) is 1. The molecule has 0 aromatic heterocycles. The van der Waals surface area contributed by atoms with Crippen LogP contribution < -0.4 is 26.8 Å². The lowest BCUT2D eigenvalue weighted by atomic mass is 9.83. The highest BCUT2D eigenvalue weighted by molar-refractivity contribution is 5.97. The molecule has 50 heavy (non-hydrogen) atoms. The minimum Gasteiger partial charge on any atom is -0.493 e. The molecule has 2 rings (SSSR count). The summed E-state index contributed by atoms with van der Waals surface area (Å²) in [4.78, 5) is 40.6. The third-order valence-corrected chi connectivity index (χ3v) is 9.35. The van der Waals surface area contributed by atoms with Gasteiger partial charge in [-0.05, 0) is 75.0 Å². The van der Waals surface area contributed by atoms with E-state index in [1.54, 1.807) is 21.0 Å². The van der Waals surface area contributed by atoms with Crippen LogP contribution in [0.3, 0.4) is 0 Å². The maximum atomic E-state index is 13.5. The van der Waals surface area contributed by atoms with Crippen LogP contribution in [0.15, 0.2) is 18.2 Å². The molecule has 1 aromatic carbocycles. The van der Waals surface area contributed by atoms with Crippen LogP contribution in [0, 0.1) is 29.1 Å². The number of amides is 3. The molecule has 0 bridgehead atoms. The van der Waals surface area contributed by atoms with Crippen LogP contribution >= 0.6 is 24.8 Å². The van der Waals surface area contributed by atoms with Crippen molar-refractivity contribution < 1.29 is 33.7 Å². The summed E-state index contributed by atoms with van der Waals surface area (Å²) in [5.74, 6) is -0.801. The van der Waals surface area contributed by atoms with Crippen molar-refractivity contribution in [2.75, 3.05) is 59.7 Å². The summed E-state index contributed by atoms with van der Waals surface area (Å²) in [6.45, 7) is 16.8. The average Bonchev–Trinajstić information content (AvgIpc) is 3.04. The fourth-order valence-electron chi connectivity index (χ4n) is 5.58. The smallest absolute Gasteiger partial charge is 0.255 e. The Morgan fingerprint density at radius 1 is 1.00 bits per heavy atom. The number of carbonyl (C=O) groups is 3. The van der Waals surface area contributed by atoms with Crippen molar-refractivity contribution >= 4 is 42.5 Å². The zero-order chi connectivity index (χ0) is 35.9. The van der Waals surface area contributed by atoms with Crippen LogP contribution in [-0.2, 0) is 25.6 Å². The number of aliphatic hydroxyl groups excluding tert-OH is 1. The van der Waals surface area contributed by atoms with Crippen molar-refractivity contribution in [1.82, 2.24) is 15.5 Å². The van der Waals surface area contributed by atoms with E-state index in [-0.39, 0.29) is 67.3 Å². The monoisotopic (exact) mass is 749 g/mol. The topological polar surface area (TPSA) is 178 Å². The van der Waals surface area contributed by atoms with E-state index in [4.69, 9.17) is 25.7 Å². The summed E-state index contributed by atoms with van der Waals surface area (Å²) in [6.07, 6.45) is 1.39. The molecule has 1 aromatic rings. The van der Waals surface area contributed by atoms with E-state index in [0.717, 1.165) is 38.0 Å². The normalized spacial score (nSPS) is 16.1. The second-order valence-electron chi connectivity index (χ2n) is 14.5. The molecule has 1 fully saturated rings. The van der Waals surface area contributed by atoms with E-state index < -0.39 is 29.4 Å². The maximum Gasteiger partial charge on any atom is 0.255 e. The summed E-state index contributed by atoms with van der Waals surface area (Å²) < 4.78 is 16.8. The average molecular weight is 751 g/mol. The Hall–Kier alpha value is -2.19. The quantitative estimate of drug-likeness (QED) is 0.111. The minimum atomic E-state index is -0.929. The van der Waals surface area contributed by atoms with Crippen molar-refractivity contribution in [1.29, 1.82) is 0 Å². The van der Waals surface area contributed by atoms with Crippen LogP contribution in [0.1, 0.15) is 83.1 Å². The number of hydrogen-bond donors (Lipinski definition) is 5. The predicted octanol–water partition coefficient (Wildman–Crippen LogP) is 3.54. The highest BCUT2D eigenvalue weighted by atomic mass is 35.5. The summed E-state index contributed by atoms with van der Waals surface area (Å²) >= 11 is 0. The molecular weight excluding hydrogens is 685 g/mol. The van der Waals surface area contributed by atoms with Crippen molar-refractivity contribution in [3.63, 3.8) is 0 Å². The highest BCUT2D eigenvalue weighted by Gasteiger charge is 2.32. The molecule has 3 amide bonds. The van der Waals surface area contributed by atoms with Crippen LogP contribution in [0.4, 0.5) is 0 Å². The predicted molar refractivity (Wildman–Crippen MR) is 202 cm³/mol. The number of ether oxygens (including phenoxy) is 3. The Bertz CT molecular complexity index is 1150. The molecule has 14 heteroatoms. The van der Waals surface area contributed by atoms with E-state index in [9.17, 15) is 19.5 Å². The van der Waals surface area contributed by atoms with E-state index in [0.29, 0.717) is 50.7 Å². The minimum absolute atomic E-state index is 0. The molecule has 12 nitrogen and oxygen atoms in total. The number of carbonyl (C=O) groups excluding carboxylic acids is 3. The number of nitrogens with zero attached hydrogens (tertiary/aromatic N) is 1. The zero-order valence-electron chi connectivity index (χ0n) is 31.2. The number of primary amides is 1. The fourth-order valence-corrected chi connectivity index (χ4v) is 5.58. The standard InChI is InChI=1S/C36H63N5O7.2ClH/c1-24(2)27(19-30(37)31(42)20-29(25(3)4)34(44)40-23-36(5,6)35(38)45)21-39-33(43)28-11-10-26(22-41-12-16-47-17-13-41)18-32(28)48-15-9-8-14-46-7;;/h10-11,18,24-25,27,29-31,42H,8-9,12-17,19-23,37H2,1-7H3,(H2,38,45)(H,39,43)(H,40,44);2*1H. The largest absolute Gasteiger partial charge is 0.493 e. The van der Waals surface area contributed by atoms with Crippen LogP contribution in [0.2, 0.25) is 0 Å². The molecule has 1 saturated heterocycles. The summed E-state index contributed by atoms with van der Waals surface area (Å²) in [7, 11) is 1.68. The van der Waals surface area contributed by atoms with Crippen molar-refractivity contribution in [3.8, 4) is 5.75 Å². The van der Waals surface area contributed by atoms with E-state index >= 15 is 0 Å². The zero-order valence-corrected chi connectivity index (χ0v) is 32.8. The second-order valence-corrected chi connectivity index (χ2v) is 14.5. The molecule has 1 aliphatic heterocycles. The molecule has 1 heterocycles. The number of aliphatic hydroxyl groups is 1. The Balaban J connectivity index is 0.0000120. The molecule has 0 aliphatic carbocycles. The first-order valence-electron chi connectivity index (χ1n) is 17.5. The van der Waals surface area contributed by atoms with E-state index in [1.165, 1.54) is 0 Å². The first-order chi connectivity index (χ1) is 22.7. The first-order valence-corrected chi connectivity index (χ1v) is 17.5. The summed E-state index contributed by atoms with van der Waals surface area (Å²) in [5, 5.41) is 17.0. The molecule has 4 atom stereocenters. The van der Waals surface area contributed by atoms with Gasteiger partial charge in [-0.15, -0.1) is 24.8 Å². The van der Waals surface area contributed by atoms with Crippen molar-refractivity contribution in [3.05, 3.63) is 29.3 Å². The van der Waals surface area contributed by atoms with Gasteiger partial charge in [0.05, 0.1) is 36.9 Å². The number of methoxy groups -OCH3 is 1. The number of morpholine rings is 1. The lowest BCUT2D eigenvalue weighted by molar-refractivity contribution is -0.130. The second kappa shape index (κ2) is 24.1. The lowest BCUT2D eigenvalue weighted by Crippen LogP contribution is -2.47. The highest BCUT2D eigenvalue weighted by Crippen LogP contribution is 2.26. The van der Waals surface area contributed by atoms with Crippen LogP contribution in [-0.4, -0.2) is 99.6 Å².